The van der Waals surface area contributed by atoms with Crippen LogP contribution in [0.1, 0.15) is 20.7 Å². The van der Waals surface area contributed by atoms with Crippen LogP contribution in [0.5, 0.6) is 5.75 Å². The molecule has 0 saturated carbocycles. The topological polar surface area (TPSA) is 58.6 Å². The van der Waals surface area contributed by atoms with Crippen molar-refractivity contribution in [2.75, 3.05) is 24.4 Å². The van der Waals surface area contributed by atoms with E-state index in [1.807, 2.05) is 30.3 Å². The van der Waals surface area contributed by atoms with Crippen LogP contribution >= 0.6 is 22.6 Å². The summed E-state index contributed by atoms with van der Waals surface area (Å²) in [5.74, 6) is 0.386. The van der Waals surface area contributed by atoms with E-state index in [9.17, 15) is 9.59 Å². The van der Waals surface area contributed by atoms with E-state index in [-0.39, 0.29) is 11.8 Å². The van der Waals surface area contributed by atoms with E-state index in [1.165, 1.54) is 0 Å². The van der Waals surface area contributed by atoms with Crippen molar-refractivity contribution in [1.29, 1.82) is 0 Å². The van der Waals surface area contributed by atoms with Crippen molar-refractivity contribution < 1.29 is 14.3 Å². The van der Waals surface area contributed by atoms with Crippen molar-refractivity contribution >= 4 is 45.8 Å². The monoisotopic (exact) mass is 486 g/mol. The molecule has 5 nitrogen and oxygen atoms in total. The lowest BCUT2D eigenvalue weighted by molar-refractivity contribution is 0.0991. The molecular formula is C22H19IN2O3. The van der Waals surface area contributed by atoms with Crippen LogP contribution in [0.25, 0.3) is 0 Å². The van der Waals surface area contributed by atoms with Crippen molar-refractivity contribution in [3.05, 3.63) is 87.5 Å². The molecule has 142 valence electrons. The molecule has 2 amide bonds. The summed E-state index contributed by atoms with van der Waals surface area (Å²) in [4.78, 5) is 26.7. The molecule has 0 radical (unpaired) electrons. The Morgan fingerprint density at radius 2 is 1.57 bits per heavy atom. The van der Waals surface area contributed by atoms with Crippen LogP contribution < -0.4 is 15.0 Å². The van der Waals surface area contributed by atoms with Crippen LogP contribution in [0.4, 0.5) is 11.4 Å². The average Bonchev–Trinajstić information content (AvgIpc) is 2.73. The average molecular weight is 486 g/mol. The van der Waals surface area contributed by atoms with Gasteiger partial charge in [0.2, 0.25) is 0 Å². The first-order valence-electron chi connectivity index (χ1n) is 8.57. The van der Waals surface area contributed by atoms with Gasteiger partial charge in [0.1, 0.15) is 5.75 Å². The third-order valence-corrected chi connectivity index (χ3v) is 5.09. The molecule has 1 N–H and O–H groups in total. The fraction of sp³-hybridized carbons (Fsp3) is 0.0909. The first kappa shape index (κ1) is 19.9. The zero-order valence-electron chi connectivity index (χ0n) is 15.5. The Bertz CT molecular complexity index is 988. The lowest BCUT2D eigenvalue weighted by atomic mass is 10.1. The van der Waals surface area contributed by atoms with Crippen LogP contribution in [0.2, 0.25) is 0 Å². The van der Waals surface area contributed by atoms with E-state index in [0.29, 0.717) is 16.8 Å². The third kappa shape index (κ3) is 4.51. The molecule has 3 aromatic rings. The number of hydrogen-bond acceptors (Lipinski definition) is 3. The maximum absolute atomic E-state index is 12.6. The minimum absolute atomic E-state index is 0.117. The summed E-state index contributed by atoms with van der Waals surface area (Å²) in [6.07, 6.45) is 0. The minimum Gasteiger partial charge on any atom is -0.496 e. The van der Waals surface area contributed by atoms with Gasteiger partial charge in [-0.05, 0) is 77.2 Å². The maximum atomic E-state index is 12.6. The van der Waals surface area contributed by atoms with Gasteiger partial charge in [-0.2, -0.15) is 0 Å². The first-order chi connectivity index (χ1) is 13.5. The number of benzene rings is 3. The Morgan fingerprint density at radius 1 is 0.929 bits per heavy atom. The van der Waals surface area contributed by atoms with Gasteiger partial charge in [0.15, 0.2) is 0 Å². The number of nitrogens with one attached hydrogen (secondary N) is 1. The molecule has 0 fully saturated rings. The Labute approximate surface area is 177 Å². The Kier molecular flexibility index (Phi) is 6.30. The van der Waals surface area contributed by atoms with Crippen molar-refractivity contribution in [2.45, 2.75) is 0 Å². The zero-order valence-corrected chi connectivity index (χ0v) is 17.6. The molecule has 0 spiro atoms. The third-order valence-electron chi connectivity index (χ3n) is 4.25. The van der Waals surface area contributed by atoms with Gasteiger partial charge in [0.05, 0.1) is 10.7 Å². The molecular weight excluding hydrogens is 467 g/mol. The molecule has 0 saturated heterocycles. The highest BCUT2D eigenvalue weighted by Crippen LogP contribution is 2.22. The van der Waals surface area contributed by atoms with Crippen LogP contribution in [0, 0.1) is 3.57 Å². The van der Waals surface area contributed by atoms with E-state index >= 15 is 0 Å². The highest BCUT2D eigenvalue weighted by atomic mass is 127. The number of methoxy groups -OCH3 is 1. The SMILES string of the molecule is COc1ccc(C(=O)Nc2ccc(C(=O)N(C)c3ccccc3)cc2)cc1I. The van der Waals surface area contributed by atoms with Gasteiger partial charge in [-0.3, -0.25) is 9.59 Å². The number of hydrogen-bond donors (Lipinski definition) is 1. The van der Waals surface area contributed by atoms with Crippen LogP contribution in [-0.2, 0) is 0 Å². The van der Waals surface area contributed by atoms with E-state index in [1.54, 1.807) is 61.5 Å². The van der Waals surface area contributed by atoms with Gasteiger partial charge in [-0.15, -0.1) is 0 Å². The summed E-state index contributed by atoms with van der Waals surface area (Å²) >= 11 is 2.13. The van der Waals surface area contributed by atoms with E-state index in [0.717, 1.165) is 15.0 Å². The molecule has 0 aliphatic rings. The number of rotatable bonds is 5. The van der Waals surface area contributed by atoms with Gasteiger partial charge in [-0.25, -0.2) is 0 Å². The van der Waals surface area contributed by atoms with Gasteiger partial charge in [-0.1, -0.05) is 18.2 Å². The lowest BCUT2D eigenvalue weighted by Crippen LogP contribution is -2.26. The quantitative estimate of drug-likeness (QED) is 0.526. The molecule has 0 aromatic heterocycles. The number of halogens is 1. The van der Waals surface area contributed by atoms with Crippen molar-refractivity contribution in [3.8, 4) is 5.75 Å². The van der Waals surface area contributed by atoms with E-state index in [4.69, 9.17) is 4.74 Å². The molecule has 3 rings (SSSR count). The zero-order chi connectivity index (χ0) is 20.1. The second-order valence-corrected chi connectivity index (χ2v) is 7.24. The standard InChI is InChI=1S/C22H19IN2O3/c1-25(18-6-4-3-5-7-18)22(27)15-8-11-17(12-9-15)24-21(26)16-10-13-20(28-2)19(23)14-16/h3-14H,1-2H3,(H,24,26). The molecule has 0 atom stereocenters. The fourth-order valence-corrected chi connectivity index (χ4v) is 3.41. The Balaban J connectivity index is 1.69. The number of anilines is 2. The van der Waals surface area contributed by atoms with Gasteiger partial charge in [0, 0.05) is 29.5 Å². The molecule has 0 aliphatic heterocycles. The number of amides is 2. The summed E-state index contributed by atoms with van der Waals surface area (Å²) in [6.45, 7) is 0. The largest absolute Gasteiger partial charge is 0.496 e. The minimum atomic E-state index is -0.221. The van der Waals surface area contributed by atoms with Gasteiger partial charge >= 0.3 is 0 Å². The predicted molar refractivity (Wildman–Crippen MR) is 119 cm³/mol. The number of para-hydroxylation sites is 1. The van der Waals surface area contributed by atoms with Crippen molar-refractivity contribution in [1.82, 2.24) is 0 Å². The number of carbonyl (C=O) groups excluding carboxylic acids is 2. The molecule has 0 unspecified atom stereocenters. The molecule has 0 bridgehead atoms. The second-order valence-electron chi connectivity index (χ2n) is 6.08. The summed E-state index contributed by atoms with van der Waals surface area (Å²) in [7, 11) is 3.33. The maximum Gasteiger partial charge on any atom is 0.258 e. The molecule has 28 heavy (non-hydrogen) atoms. The number of ether oxygens (including phenoxy) is 1. The van der Waals surface area contributed by atoms with Crippen LogP contribution in [0.15, 0.2) is 72.8 Å². The molecule has 3 aromatic carbocycles. The number of carbonyl (C=O) groups is 2. The van der Waals surface area contributed by atoms with Gasteiger partial charge in [0.25, 0.3) is 11.8 Å². The molecule has 0 heterocycles. The van der Waals surface area contributed by atoms with Gasteiger partial charge < -0.3 is 15.0 Å². The van der Waals surface area contributed by atoms with Crippen LogP contribution in [-0.4, -0.2) is 26.0 Å². The summed E-state index contributed by atoms with van der Waals surface area (Å²) in [5.41, 5.74) is 2.52. The molecule has 6 heteroatoms. The lowest BCUT2D eigenvalue weighted by Gasteiger charge is -2.17. The normalized spacial score (nSPS) is 10.2. The van der Waals surface area contributed by atoms with Crippen molar-refractivity contribution in [3.63, 3.8) is 0 Å². The van der Waals surface area contributed by atoms with E-state index < -0.39 is 0 Å². The fourth-order valence-electron chi connectivity index (χ4n) is 2.67. The molecule has 0 aliphatic carbocycles. The number of nitrogens with zero attached hydrogens (tertiary/aromatic N) is 1. The van der Waals surface area contributed by atoms with Crippen molar-refractivity contribution in [2.24, 2.45) is 0 Å². The highest BCUT2D eigenvalue weighted by molar-refractivity contribution is 14.1. The predicted octanol–water partition coefficient (Wildman–Crippen LogP) is 4.83. The smallest absolute Gasteiger partial charge is 0.258 e. The second kappa shape index (κ2) is 8.88. The Hall–Kier alpha value is -2.87. The summed E-state index contributed by atoms with van der Waals surface area (Å²) < 4.78 is 6.07. The first-order valence-corrected chi connectivity index (χ1v) is 9.65. The Morgan fingerprint density at radius 3 is 2.18 bits per heavy atom. The highest BCUT2D eigenvalue weighted by Gasteiger charge is 2.14. The van der Waals surface area contributed by atoms with Crippen LogP contribution in [0.3, 0.4) is 0 Å². The summed E-state index contributed by atoms with van der Waals surface area (Å²) in [5, 5.41) is 2.84. The van der Waals surface area contributed by atoms with E-state index in [2.05, 4.69) is 27.9 Å². The summed E-state index contributed by atoms with van der Waals surface area (Å²) in [6, 6.07) is 21.5.